The van der Waals surface area contributed by atoms with Gasteiger partial charge in [-0.15, -0.1) is 0 Å². The first kappa shape index (κ1) is 15.9. The number of carbonyl (C=O) groups excluding carboxylic acids is 1. The second-order valence-corrected chi connectivity index (χ2v) is 6.72. The van der Waals surface area contributed by atoms with Crippen LogP contribution in [0.4, 0.5) is 0 Å². The molecular formula is C16H22INO2. The number of nitrogens with zero attached hydrogens (tertiary/aromatic N) is 1. The molecule has 1 unspecified atom stereocenters. The molecule has 0 bridgehead atoms. The van der Waals surface area contributed by atoms with Gasteiger partial charge in [-0.1, -0.05) is 12.1 Å². The van der Waals surface area contributed by atoms with Crippen LogP contribution in [-0.2, 0) is 4.74 Å². The van der Waals surface area contributed by atoms with Crippen LogP contribution in [-0.4, -0.2) is 43.5 Å². The number of rotatable bonds is 8. The average molecular weight is 387 g/mol. The van der Waals surface area contributed by atoms with Crippen LogP contribution in [0.1, 0.15) is 30.1 Å². The van der Waals surface area contributed by atoms with Gasteiger partial charge in [-0.05, 0) is 60.4 Å². The summed E-state index contributed by atoms with van der Waals surface area (Å²) in [6.45, 7) is 4.22. The number of ketones is 1. The van der Waals surface area contributed by atoms with Crippen LogP contribution in [0.2, 0.25) is 0 Å². The molecule has 3 nitrogen and oxygen atoms in total. The minimum atomic E-state index is 0.199. The molecule has 0 aromatic heterocycles. The minimum Gasteiger partial charge on any atom is -0.383 e. The van der Waals surface area contributed by atoms with Crippen LogP contribution >= 0.6 is 22.6 Å². The minimum absolute atomic E-state index is 0.199. The average Bonchev–Trinajstić information content (AvgIpc) is 3.27. The van der Waals surface area contributed by atoms with Crippen molar-refractivity contribution in [2.75, 3.05) is 26.8 Å². The standard InChI is InChI=1S/C16H22INO2/c1-12(13-3-4-13)18(9-10-20-2)11-16(19)14-5-7-15(17)8-6-14/h5-8,12-13H,3-4,9-11H2,1-2H3. The van der Waals surface area contributed by atoms with Gasteiger partial charge in [0.25, 0.3) is 0 Å². The van der Waals surface area contributed by atoms with E-state index in [9.17, 15) is 4.79 Å². The first-order valence-corrected chi connectivity index (χ1v) is 8.21. The van der Waals surface area contributed by atoms with E-state index in [1.54, 1.807) is 7.11 Å². The van der Waals surface area contributed by atoms with Gasteiger partial charge in [0, 0.05) is 28.8 Å². The lowest BCUT2D eigenvalue weighted by Crippen LogP contribution is -2.40. The number of carbonyl (C=O) groups is 1. The number of hydrogen-bond donors (Lipinski definition) is 0. The van der Waals surface area contributed by atoms with E-state index in [1.165, 1.54) is 12.8 Å². The Hall–Kier alpha value is -0.460. The highest BCUT2D eigenvalue weighted by atomic mass is 127. The molecule has 0 amide bonds. The van der Waals surface area contributed by atoms with Crippen LogP contribution in [0.25, 0.3) is 0 Å². The highest BCUT2D eigenvalue weighted by molar-refractivity contribution is 14.1. The predicted molar refractivity (Wildman–Crippen MR) is 89.1 cm³/mol. The number of methoxy groups -OCH3 is 1. The molecule has 0 heterocycles. The summed E-state index contributed by atoms with van der Waals surface area (Å²) in [5.74, 6) is 0.960. The third-order valence-electron chi connectivity index (χ3n) is 3.98. The summed E-state index contributed by atoms with van der Waals surface area (Å²) in [5.41, 5.74) is 0.802. The van der Waals surface area contributed by atoms with Gasteiger partial charge in [-0.2, -0.15) is 0 Å². The number of benzene rings is 1. The van der Waals surface area contributed by atoms with Gasteiger partial charge in [-0.3, -0.25) is 9.69 Å². The van der Waals surface area contributed by atoms with Crippen molar-refractivity contribution in [1.29, 1.82) is 0 Å². The van der Waals surface area contributed by atoms with Crippen molar-refractivity contribution in [3.63, 3.8) is 0 Å². The van der Waals surface area contributed by atoms with E-state index < -0.39 is 0 Å². The Morgan fingerprint density at radius 1 is 1.40 bits per heavy atom. The summed E-state index contributed by atoms with van der Waals surface area (Å²) in [7, 11) is 1.71. The molecule has 1 aromatic carbocycles. The number of ether oxygens (including phenoxy) is 1. The van der Waals surface area contributed by atoms with E-state index >= 15 is 0 Å². The fourth-order valence-corrected chi connectivity index (χ4v) is 2.78. The van der Waals surface area contributed by atoms with Crippen LogP contribution in [0, 0.1) is 9.49 Å². The summed E-state index contributed by atoms with van der Waals surface area (Å²) in [4.78, 5) is 14.7. The molecule has 110 valence electrons. The summed E-state index contributed by atoms with van der Waals surface area (Å²) in [6, 6.07) is 8.27. The van der Waals surface area contributed by atoms with E-state index in [0.717, 1.165) is 21.6 Å². The van der Waals surface area contributed by atoms with Gasteiger partial charge >= 0.3 is 0 Å². The van der Waals surface area contributed by atoms with Gasteiger partial charge in [0.1, 0.15) is 0 Å². The zero-order valence-electron chi connectivity index (χ0n) is 12.1. The molecule has 0 N–H and O–H groups in total. The van der Waals surface area contributed by atoms with Crippen LogP contribution in [0.15, 0.2) is 24.3 Å². The quantitative estimate of drug-likeness (QED) is 0.507. The SMILES string of the molecule is COCCN(CC(=O)c1ccc(I)cc1)C(C)C1CC1. The maximum absolute atomic E-state index is 12.4. The van der Waals surface area contributed by atoms with E-state index in [1.807, 2.05) is 24.3 Å². The van der Waals surface area contributed by atoms with Crippen molar-refractivity contribution >= 4 is 28.4 Å². The molecular weight excluding hydrogens is 365 g/mol. The zero-order chi connectivity index (χ0) is 14.5. The Kier molecular flexibility index (Phi) is 5.99. The Morgan fingerprint density at radius 3 is 2.60 bits per heavy atom. The Morgan fingerprint density at radius 2 is 2.05 bits per heavy atom. The van der Waals surface area contributed by atoms with Gasteiger partial charge < -0.3 is 4.74 Å². The maximum Gasteiger partial charge on any atom is 0.176 e. The molecule has 1 atom stereocenters. The van der Waals surface area contributed by atoms with Gasteiger partial charge in [0.05, 0.1) is 13.2 Å². The third kappa shape index (κ3) is 4.53. The monoisotopic (exact) mass is 387 g/mol. The van der Waals surface area contributed by atoms with Gasteiger partial charge in [-0.25, -0.2) is 0 Å². The fourth-order valence-electron chi connectivity index (χ4n) is 2.42. The third-order valence-corrected chi connectivity index (χ3v) is 4.69. The summed E-state index contributed by atoms with van der Waals surface area (Å²) < 4.78 is 6.33. The summed E-state index contributed by atoms with van der Waals surface area (Å²) in [6.07, 6.45) is 2.59. The molecule has 20 heavy (non-hydrogen) atoms. The molecule has 0 spiro atoms. The second-order valence-electron chi connectivity index (χ2n) is 5.47. The highest BCUT2D eigenvalue weighted by Gasteiger charge is 2.32. The predicted octanol–water partition coefficient (Wildman–Crippen LogP) is 3.22. The molecule has 1 fully saturated rings. The van der Waals surface area contributed by atoms with Crippen LogP contribution in [0.3, 0.4) is 0 Å². The van der Waals surface area contributed by atoms with Crippen LogP contribution in [0.5, 0.6) is 0 Å². The molecule has 4 heteroatoms. The number of halogens is 1. The molecule has 1 aromatic rings. The molecule has 1 aliphatic rings. The molecule has 2 rings (SSSR count). The maximum atomic E-state index is 12.4. The van der Waals surface area contributed by atoms with Crippen molar-refractivity contribution in [2.45, 2.75) is 25.8 Å². The van der Waals surface area contributed by atoms with Crippen molar-refractivity contribution in [2.24, 2.45) is 5.92 Å². The van der Waals surface area contributed by atoms with Crippen LogP contribution < -0.4 is 0 Å². The van der Waals surface area contributed by atoms with Gasteiger partial charge in [0.2, 0.25) is 0 Å². The number of Topliss-reactive ketones (excluding diaryl/α,β-unsaturated/α-hetero) is 1. The summed E-state index contributed by atoms with van der Waals surface area (Å²) >= 11 is 2.25. The van der Waals surface area contributed by atoms with Crippen molar-refractivity contribution < 1.29 is 9.53 Å². The zero-order valence-corrected chi connectivity index (χ0v) is 14.3. The van der Waals surface area contributed by atoms with E-state index in [-0.39, 0.29) is 5.78 Å². The number of hydrogen-bond acceptors (Lipinski definition) is 3. The van der Waals surface area contributed by atoms with Crippen molar-refractivity contribution in [3.05, 3.63) is 33.4 Å². The molecule has 1 saturated carbocycles. The van der Waals surface area contributed by atoms with Gasteiger partial charge in [0.15, 0.2) is 5.78 Å². The lowest BCUT2D eigenvalue weighted by Gasteiger charge is -2.28. The largest absolute Gasteiger partial charge is 0.383 e. The van der Waals surface area contributed by atoms with E-state index in [0.29, 0.717) is 19.2 Å². The molecule has 0 saturated heterocycles. The topological polar surface area (TPSA) is 29.5 Å². The lowest BCUT2D eigenvalue weighted by atomic mass is 10.1. The Bertz CT molecular complexity index is 442. The molecule has 0 radical (unpaired) electrons. The Labute approximate surface area is 134 Å². The molecule has 1 aliphatic carbocycles. The first-order chi connectivity index (χ1) is 9.61. The summed E-state index contributed by atoms with van der Waals surface area (Å²) in [5, 5.41) is 0. The highest BCUT2D eigenvalue weighted by Crippen LogP contribution is 2.35. The smallest absolute Gasteiger partial charge is 0.176 e. The lowest BCUT2D eigenvalue weighted by molar-refractivity contribution is 0.0816. The molecule has 0 aliphatic heterocycles. The fraction of sp³-hybridized carbons (Fsp3) is 0.562. The van der Waals surface area contributed by atoms with E-state index in [2.05, 4.69) is 34.4 Å². The normalized spacial score (nSPS) is 16.4. The second kappa shape index (κ2) is 7.52. The van der Waals surface area contributed by atoms with Crippen molar-refractivity contribution in [1.82, 2.24) is 4.90 Å². The first-order valence-electron chi connectivity index (χ1n) is 7.13. The Balaban J connectivity index is 1.98. The van der Waals surface area contributed by atoms with Crippen molar-refractivity contribution in [3.8, 4) is 0 Å². The van der Waals surface area contributed by atoms with E-state index in [4.69, 9.17) is 4.74 Å².